The maximum absolute atomic E-state index is 10.5. The number of para-hydroxylation sites is 3. The first-order valence-electron chi connectivity index (χ1n) is 7.15. The highest BCUT2D eigenvalue weighted by Gasteiger charge is 2.36. The summed E-state index contributed by atoms with van der Waals surface area (Å²) >= 11 is 0. The third-order valence-corrected chi connectivity index (χ3v) is 4.23. The molecule has 2 aliphatic rings. The molecule has 0 saturated carbocycles. The van der Waals surface area contributed by atoms with Crippen molar-refractivity contribution in [3.8, 4) is 11.5 Å². The van der Waals surface area contributed by atoms with Crippen LogP contribution in [0.1, 0.15) is 24.4 Å². The summed E-state index contributed by atoms with van der Waals surface area (Å²) in [6.07, 6.45) is 1.51. The van der Waals surface area contributed by atoms with Crippen LogP contribution in [0.4, 0.5) is 5.69 Å². The lowest BCUT2D eigenvalue weighted by atomic mass is 9.91. The van der Waals surface area contributed by atoms with Gasteiger partial charge in [0.2, 0.25) is 0 Å². The Hall–Kier alpha value is -2.00. The Morgan fingerprint density at radius 3 is 2.65 bits per heavy atom. The fraction of sp³-hybridized carbons (Fsp3) is 0.294. The molecule has 0 spiro atoms. The number of anilines is 1. The zero-order chi connectivity index (χ0) is 13.5. The molecule has 2 aliphatic heterocycles. The zero-order valence-electron chi connectivity index (χ0n) is 11.2. The molecule has 1 N–H and O–H groups in total. The molecule has 0 aliphatic carbocycles. The van der Waals surface area contributed by atoms with Crippen LogP contribution in [0.5, 0.6) is 11.5 Å². The van der Waals surface area contributed by atoms with Gasteiger partial charge in [0.1, 0.15) is 5.75 Å². The van der Waals surface area contributed by atoms with E-state index in [2.05, 4.69) is 17.0 Å². The molecule has 0 amide bonds. The van der Waals surface area contributed by atoms with Gasteiger partial charge in [-0.2, -0.15) is 0 Å². The van der Waals surface area contributed by atoms with Gasteiger partial charge in [0.15, 0.2) is 5.75 Å². The van der Waals surface area contributed by atoms with E-state index in [1.807, 2.05) is 36.4 Å². The Kier molecular flexibility index (Phi) is 2.67. The van der Waals surface area contributed by atoms with Gasteiger partial charge in [-0.25, -0.2) is 0 Å². The standard InChI is InChI=1S/C17H17NO2/c19-14-8-5-11-18-13-7-2-4-10-16(13)20-15-9-3-1-6-12(15)17(14)18/h1-4,6-7,9-10,14,17,19H,5,8,11H2/t14-,17+/m1/s1. The maximum atomic E-state index is 10.5. The lowest BCUT2D eigenvalue weighted by Crippen LogP contribution is -2.41. The van der Waals surface area contributed by atoms with E-state index >= 15 is 0 Å². The number of ether oxygens (including phenoxy) is 1. The Labute approximate surface area is 118 Å². The average Bonchev–Trinajstić information content (AvgIpc) is 2.62. The van der Waals surface area contributed by atoms with Crippen LogP contribution in [-0.2, 0) is 0 Å². The molecule has 0 radical (unpaired) electrons. The van der Waals surface area contributed by atoms with Gasteiger partial charge in [-0.05, 0) is 31.0 Å². The summed E-state index contributed by atoms with van der Waals surface area (Å²) in [4.78, 5) is 2.29. The minimum absolute atomic E-state index is 0.0106. The third-order valence-electron chi connectivity index (χ3n) is 4.23. The summed E-state index contributed by atoms with van der Waals surface area (Å²) in [5, 5.41) is 10.5. The number of nitrogens with zero attached hydrogens (tertiary/aromatic N) is 1. The number of piperidine rings is 1. The van der Waals surface area contributed by atoms with Crippen molar-refractivity contribution in [1.29, 1.82) is 0 Å². The molecule has 2 atom stereocenters. The first kappa shape index (κ1) is 11.8. The molecule has 2 aromatic rings. The lowest BCUT2D eigenvalue weighted by molar-refractivity contribution is 0.113. The molecule has 1 fully saturated rings. The second kappa shape index (κ2) is 4.53. The number of aliphatic hydroxyl groups is 1. The van der Waals surface area contributed by atoms with Crippen molar-refractivity contribution in [3.05, 3.63) is 54.1 Å². The van der Waals surface area contributed by atoms with Gasteiger partial charge >= 0.3 is 0 Å². The summed E-state index contributed by atoms with van der Waals surface area (Å²) in [5.74, 6) is 1.73. The van der Waals surface area contributed by atoms with E-state index in [-0.39, 0.29) is 12.1 Å². The van der Waals surface area contributed by atoms with Gasteiger partial charge in [0, 0.05) is 12.1 Å². The van der Waals surface area contributed by atoms with Crippen LogP contribution in [0.3, 0.4) is 0 Å². The highest BCUT2D eigenvalue weighted by atomic mass is 16.5. The minimum Gasteiger partial charge on any atom is -0.455 e. The first-order valence-corrected chi connectivity index (χ1v) is 7.15. The van der Waals surface area contributed by atoms with Crippen molar-refractivity contribution in [1.82, 2.24) is 0 Å². The maximum Gasteiger partial charge on any atom is 0.150 e. The molecular weight excluding hydrogens is 250 g/mol. The third kappa shape index (κ3) is 1.70. The fourth-order valence-electron chi connectivity index (χ4n) is 3.34. The predicted octanol–water partition coefficient (Wildman–Crippen LogP) is 3.49. The van der Waals surface area contributed by atoms with Gasteiger partial charge in [0.25, 0.3) is 0 Å². The normalized spacial score (nSPS) is 23.9. The monoisotopic (exact) mass is 267 g/mol. The Morgan fingerprint density at radius 2 is 1.75 bits per heavy atom. The molecule has 0 unspecified atom stereocenters. The van der Waals surface area contributed by atoms with Crippen LogP contribution >= 0.6 is 0 Å². The second-order valence-corrected chi connectivity index (χ2v) is 5.46. The van der Waals surface area contributed by atoms with Crippen LogP contribution < -0.4 is 9.64 Å². The molecule has 20 heavy (non-hydrogen) atoms. The van der Waals surface area contributed by atoms with Crippen LogP contribution in [-0.4, -0.2) is 17.8 Å². The number of benzene rings is 2. The van der Waals surface area contributed by atoms with Gasteiger partial charge in [-0.3, -0.25) is 0 Å². The molecular formula is C17H17NO2. The van der Waals surface area contributed by atoms with Crippen molar-refractivity contribution >= 4 is 5.69 Å². The van der Waals surface area contributed by atoms with E-state index in [9.17, 15) is 5.11 Å². The fourth-order valence-corrected chi connectivity index (χ4v) is 3.34. The van der Waals surface area contributed by atoms with E-state index in [0.29, 0.717) is 0 Å². The largest absolute Gasteiger partial charge is 0.455 e. The van der Waals surface area contributed by atoms with Crippen molar-refractivity contribution in [3.63, 3.8) is 0 Å². The van der Waals surface area contributed by atoms with E-state index in [4.69, 9.17) is 4.74 Å². The highest BCUT2D eigenvalue weighted by Crippen LogP contribution is 2.47. The average molecular weight is 267 g/mol. The van der Waals surface area contributed by atoms with Crippen molar-refractivity contribution in [2.45, 2.75) is 25.0 Å². The molecule has 0 aromatic heterocycles. The van der Waals surface area contributed by atoms with Gasteiger partial charge < -0.3 is 14.7 Å². The van der Waals surface area contributed by atoms with Crippen molar-refractivity contribution < 1.29 is 9.84 Å². The zero-order valence-corrected chi connectivity index (χ0v) is 11.2. The van der Waals surface area contributed by atoms with Crippen LogP contribution in [0, 0.1) is 0 Å². The van der Waals surface area contributed by atoms with Gasteiger partial charge in [0.05, 0.1) is 17.8 Å². The molecule has 3 nitrogen and oxygen atoms in total. The van der Waals surface area contributed by atoms with Crippen LogP contribution in [0.2, 0.25) is 0 Å². The van der Waals surface area contributed by atoms with Gasteiger partial charge in [-0.1, -0.05) is 30.3 Å². The molecule has 2 heterocycles. The van der Waals surface area contributed by atoms with Gasteiger partial charge in [-0.15, -0.1) is 0 Å². The Bertz CT molecular complexity index is 640. The molecule has 3 heteroatoms. The topological polar surface area (TPSA) is 32.7 Å². The second-order valence-electron chi connectivity index (χ2n) is 5.46. The lowest BCUT2D eigenvalue weighted by Gasteiger charge is -2.39. The number of hydrogen-bond acceptors (Lipinski definition) is 3. The summed E-state index contributed by atoms with van der Waals surface area (Å²) in [6.45, 7) is 0.955. The Balaban J connectivity index is 1.94. The number of fused-ring (bicyclic) bond motifs is 5. The van der Waals surface area contributed by atoms with E-state index in [1.54, 1.807) is 0 Å². The predicted molar refractivity (Wildman–Crippen MR) is 78.3 cm³/mol. The SMILES string of the molecule is O[C@@H]1CCCN2c3ccccc3Oc3ccccc3[C@@H]12. The molecule has 0 bridgehead atoms. The van der Waals surface area contributed by atoms with Crippen LogP contribution in [0.15, 0.2) is 48.5 Å². The highest BCUT2D eigenvalue weighted by molar-refractivity contribution is 5.64. The van der Waals surface area contributed by atoms with Crippen LogP contribution in [0.25, 0.3) is 0 Å². The van der Waals surface area contributed by atoms with E-state index in [1.165, 1.54) is 0 Å². The van der Waals surface area contributed by atoms with E-state index in [0.717, 1.165) is 42.1 Å². The summed E-state index contributed by atoms with van der Waals surface area (Å²) in [5.41, 5.74) is 2.16. The smallest absolute Gasteiger partial charge is 0.150 e. The molecule has 102 valence electrons. The summed E-state index contributed by atoms with van der Waals surface area (Å²) < 4.78 is 6.09. The minimum atomic E-state index is -0.348. The van der Waals surface area contributed by atoms with E-state index < -0.39 is 0 Å². The summed E-state index contributed by atoms with van der Waals surface area (Å²) in [6, 6.07) is 16.1. The number of aliphatic hydroxyl groups excluding tert-OH is 1. The molecule has 1 saturated heterocycles. The van der Waals surface area contributed by atoms with Crippen molar-refractivity contribution in [2.24, 2.45) is 0 Å². The van der Waals surface area contributed by atoms with Crippen molar-refractivity contribution in [2.75, 3.05) is 11.4 Å². The molecule has 4 rings (SSSR count). The first-order chi connectivity index (χ1) is 9.84. The quantitative estimate of drug-likeness (QED) is 0.793. The molecule has 2 aromatic carbocycles. The Morgan fingerprint density at radius 1 is 1.00 bits per heavy atom. The summed E-state index contributed by atoms with van der Waals surface area (Å²) in [7, 11) is 0. The number of hydrogen-bond donors (Lipinski definition) is 1. The number of rotatable bonds is 0.